The predicted molar refractivity (Wildman–Crippen MR) is 112 cm³/mol. The zero-order valence-corrected chi connectivity index (χ0v) is 17.2. The summed E-state index contributed by atoms with van der Waals surface area (Å²) >= 11 is 0. The van der Waals surface area contributed by atoms with Crippen LogP contribution in [0.1, 0.15) is 37.8 Å². The van der Waals surface area contributed by atoms with E-state index in [0.717, 1.165) is 37.7 Å². The Kier molecular flexibility index (Phi) is 7.65. The third-order valence-corrected chi connectivity index (χ3v) is 5.89. The van der Waals surface area contributed by atoms with E-state index < -0.39 is 0 Å². The van der Waals surface area contributed by atoms with Crippen LogP contribution >= 0.6 is 0 Å². The third kappa shape index (κ3) is 5.92. The molecule has 0 spiro atoms. The molecule has 7 nitrogen and oxygen atoms in total. The van der Waals surface area contributed by atoms with Crippen LogP contribution in [0.4, 0.5) is 0 Å². The van der Waals surface area contributed by atoms with E-state index in [0.29, 0.717) is 18.5 Å². The molecule has 1 aliphatic heterocycles. The molecule has 2 heterocycles. The van der Waals surface area contributed by atoms with Crippen molar-refractivity contribution in [2.75, 3.05) is 40.3 Å². The average molecular weight is 387 g/mol. The normalized spacial score (nSPS) is 21.1. The minimum Gasteiger partial charge on any atom is -0.352 e. The van der Waals surface area contributed by atoms with E-state index in [-0.39, 0.29) is 12.5 Å². The third-order valence-electron chi connectivity index (χ3n) is 5.89. The number of guanidine groups is 1. The van der Waals surface area contributed by atoms with E-state index in [2.05, 4.69) is 25.5 Å². The molecule has 1 atom stereocenters. The molecule has 1 amide bonds. The average Bonchev–Trinajstić information content (AvgIpc) is 3.41. The Morgan fingerprint density at radius 3 is 2.86 bits per heavy atom. The van der Waals surface area contributed by atoms with Crippen LogP contribution in [-0.2, 0) is 11.2 Å². The molecule has 2 aliphatic rings. The van der Waals surface area contributed by atoms with Crippen molar-refractivity contribution in [3.05, 3.63) is 30.1 Å². The number of carbonyl (C=O) groups is 1. The molecule has 1 aliphatic carbocycles. The highest BCUT2D eigenvalue weighted by Gasteiger charge is 2.30. The molecule has 0 bridgehead atoms. The van der Waals surface area contributed by atoms with E-state index in [4.69, 9.17) is 0 Å². The number of pyridine rings is 1. The van der Waals surface area contributed by atoms with Crippen LogP contribution < -0.4 is 10.6 Å². The van der Waals surface area contributed by atoms with Gasteiger partial charge >= 0.3 is 0 Å². The molecule has 0 aromatic carbocycles. The van der Waals surface area contributed by atoms with E-state index in [9.17, 15) is 4.79 Å². The first-order chi connectivity index (χ1) is 13.7. The molecule has 1 saturated heterocycles. The number of rotatable bonds is 7. The van der Waals surface area contributed by atoms with Crippen LogP contribution in [0, 0.1) is 0 Å². The highest BCUT2D eigenvalue weighted by atomic mass is 16.2. The van der Waals surface area contributed by atoms with Crippen LogP contribution in [0.2, 0.25) is 0 Å². The second kappa shape index (κ2) is 10.4. The maximum atomic E-state index is 12.4. The summed E-state index contributed by atoms with van der Waals surface area (Å²) < 4.78 is 0. The molecule has 1 saturated carbocycles. The summed E-state index contributed by atoms with van der Waals surface area (Å²) in [6.07, 6.45) is 9.12. The van der Waals surface area contributed by atoms with Crippen molar-refractivity contribution in [3.63, 3.8) is 0 Å². The Hall–Kier alpha value is -2.15. The molecule has 3 rings (SSSR count). The first kappa shape index (κ1) is 20.6. The van der Waals surface area contributed by atoms with Gasteiger partial charge in [-0.3, -0.25) is 19.7 Å². The quantitative estimate of drug-likeness (QED) is 0.545. The molecule has 2 N–H and O–H groups in total. The van der Waals surface area contributed by atoms with Gasteiger partial charge in [-0.2, -0.15) is 0 Å². The number of amides is 1. The van der Waals surface area contributed by atoms with Crippen molar-refractivity contribution in [1.29, 1.82) is 0 Å². The predicted octanol–water partition coefficient (Wildman–Crippen LogP) is 1.26. The fourth-order valence-electron chi connectivity index (χ4n) is 4.14. The Balaban J connectivity index is 1.37. The Morgan fingerprint density at radius 2 is 2.14 bits per heavy atom. The second-order valence-corrected chi connectivity index (χ2v) is 7.88. The molecule has 154 valence electrons. The van der Waals surface area contributed by atoms with Gasteiger partial charge in [-0.15, -0.1) is 0 Å². The summed E-state index contributed by atoms with van der Waals surface area (Å²) in [4.78, 5) is 25.4. The standard InChI is InChI=1S/C21H34N6O/c1-22-21(25-18-11-14-27(16-18)19-8-3-4-9-19)24-15-20(28)26(2)13-10-17-7-5-6-12-23-17/h5-7,12,18-19H,3-4,8-11,13-16H2,1-2H3,(H2,22,24,25). The zero-order chi connectivity index (χ0) is 19.8. The number of likely N-dealkylation sites (N-methyl/N-ethyl adjacent to an activating group) is 1. The van der Waals surface area contributed by atoms with Crippen molar-refractivity contribution in [3.8, 4) is 0 Å². The number of hydrogen-bond acceptors (Lipinski definition) is 4. The van der Waals surface area contributed by atoms with Gasteiger partial charge in [-0.1, -0.05) is 18.9 Å². The number of aliphatic imine (C=N–C) groups is 1. The molecule has 2 fully saturated rings. The molecular formula is C21H34N6O. The number of aromatic nitrogens is 1. The molecule has 1 aromatic rings. The first-order valence-electron chi connectivity index (χ1n) is 10.5. The minimum absolute atomic E-state index is 0.0536. The molecule has 1 unspecified atom stereocenters. The summed E-state index contributed by atoms with van der Waals surface area (Å²) in [5.74, 6) is 0.766. The van der Waals surface area contributed by atoms with Crippen molar-refractivity contribution in [1.82, 2.24) is 25.4 Å². The van der Waals surface area contributed by atoms with Gasteiger partial charge in [0.25, 0.3) is 0 Å². The van der Waals surface area contributed by atoms with E-state index in [1.165, 1.54) is 25.7 Å². The summed E-state index contributed by atoms with van der Waals surface area (Å²) in [5, 5.41) is 6.66. The lowest BCUT2D eigenvalue weighted by atomic mass is 10.2. The highest BCUT2D eigenvalue weighted by Crippen LogP contribution is 2.26. The molecule has 28 heavy (non-hydrogen) atoms. The number of nitrogens with one attached hydrogen (secondary N) is 2. The Labute approximate surface area is 168 Å². The van der Waals surface area contributed by atoms with Gasteiger partial charge in [0, 0.05) is 64.1 Å². The second-order valence-electron chi connectivity index (χ2n) is 7.88. The van der Waals surface area contributed by atoms with Gasteiger partial charge in [-0.05, 0) is 31.4 Å². The zero-order valence-electron chi connectivity index (χ0n) is 17.2. The lowest BCUT2D eigenvalue weighted by Gasteiger charge is -2.24. The summed E-state index contributed by atoms with van der Waals surface area (Å²) in [6.45, 7) is 3.14. The lowest BCUT2D eigenvalue weighted by molar-refractivity contribution is -0.128. The van der Waals surface area contributed by atoms with Crippen molar-refractivity contribution in [2.24, 2.45) is 4.99 Å². The van der Waals surface area contributed by atoms with E-state index in [1.54, 1.807) is 18.1 Å². The maximum absolute atomic E-state index is 12.4. The van der Waals surface area contributed by atoms with Crippen molar-refractivity contribution >= 4 is 11.9 Å². The lowest BCUT2D eigenvalue weighted by Crippen LogP contribution is -2.48. The molecule has 1 aromatic heterocycles. The smallest absolute Gasteiger partial charge is 0.241 e. The van der Waals surface area contributed by atoms with Crippen LogP contribution in [0.3, 0.4) is 0 Å². The largest absolute Gasteiger partial charge is 0.352 e. The van der Waals surface area contributed by atoms with Crippen molar-refractivity contribution < 1.29 is 4.79 Å². The SMILES string of the molecule is CN=C(NCC(=O)N(C)CCc1ccccn1)NC1CCN(C2CCCC2)C1. The van der Waals surface area contributed by atoms with Crippen molar-refractivity contribution in [2.45, 2.75) is 50.6 Å². The van der Waals surface area contributed by atoms with Gasteiger partial charge in [0.2, 0.25) is 5.91 Å². The Bertz CT molecular complexity index is 644. The first-order valence-corrected chi connectivity index (χ1v) is 10.5. The summed E-state index contributed by atoms with van der Waals surface area (Å²) in [5.41, 5.74) is 1.00. The minimum atomic E-state index is 0.0536. The fourth-order valence-corrected chi connectivity index (χ4v) is 4.14. The fraction of sp³-hybridized carbons (Fsp3) is 0.667. The number of carbonyl (C=O) groups excluding carboxylic acids is 1. The topological polar surface area (TPSA) is 72.9 Å². The number of likely N-dealkylation sites (tertiary alicyclic amines) is 1. The van der Waals surface area contributed by atoms with Crippen LogP contribution in [0.25, 0.3) is 0 Å². The monoisotopic (exact) mass is 386 g/mol. The molecule has 7 heteroatoms. The summed E-state index contributed by atoms with van der Waals surface area (Å²) in [6, 6.07) is 7.04. The molecule has 0 radical (unpaired) electrons. The van der Waals surface area contributed by atoms with Crippen LogP contribution in [0.15, 0.2) is 29.4 Å². The van der Waals surface area contributed by atoms with Gasteiger partial charge in [0.1, 0.15) is 0 Å². The van der Waals surface area contributed by atoms with Crippen LogP contribution in [-0.4, -0.2) is 79.0 Å². The Morgan fingerprint density at radius 1 is 1.32 bits per heavy atom. The van der Waals surface area contributed by atoms with Gasteiger partial charge < -0.3 is 15.5 Å². The van der Waals surface area contributed by atoms with Gasteiger partial charge in [-0.25, -0.2) is 0 Å². The van der Waals surface area contributed by atoms with Gasteiger partial charge in [0.15, 0.2) is 5.96 Å². The number of nitrogens with zero attached hydrogens (tertiary/aromatic N) is 4. The van der Waals surface area contributed by atoms with Crippen LogP contribution in [0.5, 0.6) is 0 Å². The number of hydrogen-bond donors (Lipinski definition) is 2. The highest BCUT2D eigenvalue weighted by molar-refractivity contribution is 5.86. The van der Waals surface area contributed by atoms with E-state index >= 15 is 0 Å². The van der Waals surface area contributed by atoms with Gasteiger partial charge in [0.05, 0.1) is 6.54 Å². The van der Waals surface area contributed by atoms with E-state index in [1.807, 2.05) is 25.2 Å². The maximum Gasteiger partial charge on any atom is 0.241 e. The summed E-state index contributed by atoms with van der Waals surface area (Å²) in [7, 11) is 3.59. The molecular weight excluding hydrogens is 352 g/mol.